The minimum atomic E-state index is -0.926. The van der Waals surface area contributed by atoms with Gasteiger partial charge in [0.05, 0.1) is 6.42 Å². The molecule has 1 N–H and O–H groups in total. The SMILES string of the molecule is CN(CCC(=O)O)C(=O)c1ccnc(N2CCCC2)n1. The molecule has 1 aromatic heterocycles. The molecule has 1 aliphatic heterocycles. The van der Waals surface area contributed by atoms with Gasteiger partial charge in [0.25, 0.3) is 5.91 Å². The van der Waals surface area contributed by atoms with E-state index in [9.17, 15) is 9.59 Å². The number of amides is 1. The Morgan fingerprint density at radius 3 is 2.75 bits per heavy atom. The standard InChI is InChI=1S/C13H18N4O3/c1-16(9-5-11(18)19)12(20)10-4-6-14-13(15-10)17-7-2-3-8-17/h4,6H,2-3,5,7-9H2,1H3,(H,18,19). The summed E-state index contributed by atoms with van der Waals surface area (Å²) in [6, 6.07) is 1.55. The maximum atomic E-state index is 12.1. The van der Waals surface area contributed by atoms with Gasteiger partial charge in [-0.25, -0.2) is 9.97 Å². The molecule has 7 heteroatoms. The van der Waals surface area contributed by atoms with Gasteiger partial charge in [0.15, 0.2) is 0 Å². The molecule has 1 aliphatic rings. The van der Waals surface area contributed by atoms with Gasteiger partial charge in [-0.05, 0) is 18.9 Å². The molecule has 0 radical (unpaired) electrons. The number of aromatic nitrogens is 2. The van der Waals surface area contributed by atoms with Crippen molar-refractivity contribution in [1.82, 2.24) is 14.9 Å². The van der Waals surface area contributed by atoms with Crippen LogP contribution in [0, 0.1) is 0 Å². The average molecular weight is 278 g/mol. The van der Waals surface area contributed by atoms with Crippen molar-refractivity contribution in [2.45, 2.75) is 19.3 Å². The number of carboxylic acid groups (broad SMARTS) is 1. The Bertz CT molecular complexity index is 500. The fourth-order valence-electron chi connectivity index (χ4n) is 2.10. The summed E-state index contributed by atoms with van der Waals surface area (Å²) in [7, 11) is 1.57. The smallest absolute Gasteiger partial charge is 0.305 e. The fraction of sp³-hybridized carbons (Fsp3) is 0.538. The molecule has 0 atom stereocenters. The second-order valence-electron chi connectivity index (χ2n) is 4.81. The molecule has 0 bridgehead atoms. The van der Waals surface area contributed by atoms with Gasteiger partial charge in [-0.2, -0.15) is 0 Å². The van der Waals surface area contributed by atoms with E-state index in [4.69, 9.17) is 5.11 Å². The predicted molar refractivity (Wildman–Crippen MR) is 72.7 cm³/mol. The number of hydrogen-bond donors (Lipinski definition) is 1. The van der Waals surface area contributed by atoms with E-state index in [1.54, 1.807) is 19.3 Å². The quantitative estimate of drug-likeness (QED) is 0.849. The van der Waals surface area contributed by atoms with Crippen LogP contribution in [0.2, 0.25) is 0 Å². The third kappa shape index (κ3) is 3.43. The Labute approximate surface area is 117 Å². The minimum absolute atomic E-state index is 0.0771. The zero-order valence-electron chi connectivity index (χ0n) is 11.4. The maximum absolute atomic E-state index is 12.1. The van der Waals surface area contributed by atoms with Crippen LogP contribution in [0.25, 0.3) is 0 Å². The van der Waals surface area contributed by atoms with Crippen LogP contribution < -0.4 is 4.90 Å². The molecule has 7 nitrogen and oxygen atoms in total. The predicted octanol–water partition coefficient (Wildman–Crippen LogP) is 0.623. The Hall–Kier alpha value is -2.18. The topological polar surface area (TPSA) is 86.6 Å². The van der Waals surface area contributed by atoms with Crippen molar-refractivity contribution in [2.24, 2.45) is 0 Å². The van der Waals surface area contributed by atoms with Crippen LogP contribution in [0.15, 0.2) is 12.3 Å². The van der Waals surface area contributed by atoms with Crippen molar-refractivity contribution in [1.29, 1.82) is 0 Å². The molecule has 0 aromatic carbocycles. The summed E-state index contributed by atoms with van der Waals surface area (Å²) < 4.78 is 0. The third-order valence-electron chi connectivity index (χ3n) is 3.26. The van der Waals surface area contributed by atoms with E-state index in [1.807, 2.05) is 4.90 Å². The van der Waals surface area contributed by atoms with Crippen LogP contribution in [0.5, 0.6) is 0 Å². The first-order valence-electron chi connectivity index (χ1n) is 6.63. The van der Waals surface area contributed by atoms with E-state index in [0.717, 1.165) is 25.9 Å². The average Bonchev–Trinajstić information content (AvgIpc) is 2.98. The van der Waals surface area contributed by atoms with E-state index in [2.05, 4.69) is 9.97 Å². The first-order chi connectivity index (χ1) is 9.58. The van der Waals surface area contributed by atoms with Crippen molar-refractivity contribution >= 4 is 17.8 Å². The molecule has 1 amide bonds. The van der Waals surface area contributed by atoms with Crippen LogP contribution >= 0.6 is 0 Å². The zero-order valence-corrected chi connectivity index (χ0v) is 11.4. The van der Waals surface area contributed by atoms with Gasteiger partial charge in [-0.15, -0.1) is 0 Å². The lowest BCUT2D eigenvalue weighted by Gasteiger charge is -2.18. The van der Waals surface area contributed by atoms with Crippen molar-refractivity contribution in [3.8, 4) is 0 Å². The molecular weight excluding hydrogens is 260 g/mol. The highest BCUT2D eigenvalue weighted by Crippen LogP contribution is 2.15. The summed E-state index contributed by atoms with van der Waals surface area (Å²) in [5.41, 5.74) is 0.301. The Kier molecular flexibility index (Phi) is 4.49. The Balaban J connectivity index is 2.05. The van der Waals surface area contributed by atoms with E-state index in [-0.39, 0.29) is 18.9 Å². The highest BCUT2D eigenvalue weighted by atomic mass is 16.4. The van der Waals surface area contributed by atoms with Gasteiger partial charge in [-0.3, -0.25) is 9.59 Å². The first kappa shape index (κ1) is 14.2. The number of aliphatic carboxylic acids is 1. The lowest BCUT2D eigenvalue weighted by Crippen LogP contribution is -2.30. The van der Waals surface area contributed by atoms with Crippen molar-refractivity contribution < 1.29 is 14.7 Å². The van der Waals surface area contributed by atoms with Gasteiger partial charge < -0.3 is 14.9 Å². The van der Waals surface area contributed by atoms with Crippen LogP contribution in [0.1, 0.15) is 29.8 Å². The monoisotopic (exact) mass is 278 g/mol. The number of carbonyl (C=O) groups is 2. The van der Waals surface area contributed by atoms with Gasteiger partial charge in [0.1, 0.15) is 5.69 Å². The zero-order chi connectivity index (χ0) is 14.5. The van der Waals surface area contributed by atoms with E-state index < -0.39 is 5.97 Å². The molecule has 20 heavy (non-hydrogen) atoms. The number of hydrogen-bond acceptors (Lipinski definition) is 5. The summed E-state index contributed by atoms with van der Waals surface area (Å²) in [4.78, 5) is 34.6. The summed E-state index contributed by atoms with van der Waals surface area (Å²) in [6.45, 7) is 1.98. The summed E-state index contributed by atoms with van der Waals surface area (Å²) in [5.74, 6) is -0.640. The van der Waals surface area contributed by atoms with E-state index in [0.29, 0.717) is 11.6 Å². The molecule has 108 valence electrons. The number of rotatable bonds is 5. The van der Waals surface area contributed by atoms with Crippen LogP contribution in [-0.4, -0.2) is 58.5 Å². The number of carboxylic acids is 1. The minimum Gasteiger partial charge on any atom is -0.481 e. The number of carbonyl (C=O) groups excluding carboxylic acids is 1. The summed E-state index contributed by atoms with van der Waals surface area (Å²) in [5, 5.41) is 8.63. The first-order valence-corrected chi connectivity index (χ1v) is 6.63. The molecule has 2 heterocycles. The maximum Gasteiger partial charge on any atom is 0.305 e. The van der Waals surface area contributed by atoms with Gasteiger partial charge in [0.2, 0.25) is 5.95 Å². The molecule has 0 spiro atoms. The number of anilines is 1. The third-order valence-corrected chi connectivity index (χ3v) is 3.26. The highest BCUT2D eigenvalue weighted by molar-refractivity contribution is 5.92. The molecule has 0 saturated carbocycles. The van der Waals surface area contributed by atoms with Gasteiger partial charge in [-0.1, -0.05) is 0 Å². The van der Waals surface area contributed by atoms with Crippen LogP contribution in [0.3, 0.4) is 0 Å². The molecule has 1 saturated heterocycles. The fourth-order valence-corrected chi connectivity index (χ4v) is 2.10. The highest BCUT2D eigenvalue weighted by Gasteiger charge is 2.19. The molecule has 1 fully saturated rings. The molecular formula is C13H18N4O3. The second-order valence-corrected chi connectivity index (χ2v) is 4.81. The largest absolute Gasteiger partial charge is 0.481 e. The summed E-state index contributed by atoms with van der Waals surface area (Å²) in [6.07, 6.45) is 3.71. The molecule has 0 aliphatic carbocycles. The molecule has 2 rings (SSSR count). The normalized spacial score (nSPS) is 14.3. The van der Waals surface area contributed by atoms with E-state index >= 15 is 0 Å². The van der Waals surface area contributed by atoms with Crippen molar-refractivity contribution in [3.05, 3.63) is 18.0 Å². The van der Waals surface area contributed by atoms with Crippen LogP contribution in [0.4, 0.5) is 5.95 Å². The Morgan fingerprint density at radius 2 is 2.10 bits per heavy atom. The van der Waals surface area contributed by atoms with E-state index in [1.165, 1.54) is 4.90 Å². The molecule has 0 unspecified atom stereocenters. The number of nitrogens with zero attached hydrogens (tertiary/aromatic N) is 4. The second kappa shape index (κ2) is 6.31. The summed E-state index contributed by atoms with van der Waals surface area (Å²) >= 11 is 0. The van der Waals surface area contributed by atoms with Crippen molar-refractivity contribution in [3.63, 3.8) is 0 Å². The van der Waals surface area contributed by atoms with Gasteiger partial charge in [0, 0.05) is 32.9 Å². The van der Waals surface area contributed by atoms with Crippen LogP contribution in [-0.2, 0) is 4.79 Å². The lowest BCUT2D eigenvalue weighted by molar-refractivity contribution is -0.137. The Morgan fingerprint density at radius 1 is 1.40 bits per heavy atom. The lowest BCUT2D eigenvalue weighted by atomic mass is 10.3. The van der Waals surface area contributed by atoms with Crippen molar-refractivity contribution in [2.75, 3.05) is 31.6 Å². The molecule has 1 aromatic rings. The van der Waals surface area contributed by atoms with Gasteiger partial charge >= 0.3 is 5.97 Å².